The third-order valence-corrected chi connectivity index (χ3v) is 5.29. The molecule has 1 saturated carbocycles. The van der Waals surface area contributed by atoms with E-state index in [-0.39, 0.29) is 18.2 Å². The van der Waals surface area contributed by atoms with Crippen molar-refractivity contribution < 1.29 is 9.22 Å². The summed E-state index contributed by atoms with van der Waals surface area (Å²) in [4.78, 5) is 0. The molecule has 0 N–H and O–H groups in total. The van der Waals surface area contributed by atoms with Crippen LogP contribution in [0.1, 0.15) is 50.7 Å². The van der Waals surface area contributed by atoms with Crippen LogP contribution in [0.3, 0.4) is 0 Å². The monoisotopic (exact) mass is 315 g/mol. The molecule has 3 nitrogen and oxygen atoms in total. The summed E-state index contributed by atoms with van der Waals surface area (Å²) in [6.45, 7) is 2.22. The summed E-state index contributed by atoms with van der Waals surface area (Å²) >= 11 is 0. The number of hydrogen-bond acceptors (Lipinski definition) is 2. The molecule has 23 heavy (non-hydrogen) atoms. The summed E-state index contributed by atoms with van der Waals surface area (Å²) in [5.41, 5.74) is 1.17. The molecule has 0 heterocycles. The van der Waals surface area contributed by atoms with Gasteiger partial charge in [0.25, 0.3) is 0 Å². The van der Waals surface area contributed by atoms with Gasteiger partial charge in [-0.05, 0) is 31.2 Å². The molecule has 2 rings (SSSR count). The van der Waals surface area contributed by atoms with E-state index in [1.807, 2.05) is 6.07 Å². The summed E-state index contributed by atoms with van der Waals surface area (Å²) in [6.07, 6.45) is 5.65. The molecule has 0 unspecified atom stereocenters. The maximum atomic E-state index is 9.68. The Hall–Kier alpha value is -1.37. The van der Waals surface area contributed by atoms with Crippen molar-refractivity contribution in [2.45, 2.75) is 57.3 Å². The highest BCUT2D eigenvalue weighted by Crippen LogP contribution is 2.33. The second-order valence-corrected chi connectivity index (χ2v) is 7.77. The van der Waals surface area contributed by atoms with Crippen molar-refractivity contribution in [2.24, 2.45) is 5.92 Å². The molecule has 0 bridgehead atoms. The topological polar surface area (TPSA) is 33.0 Å². The van der Waals surface area contributed by atoms with E-state index < -0.39 is 0 Å². The minimum atomic E-state index is -0.297. The molecular weight excluding hydrogens is 284 g/mol. The van der Waals surface area contributed by atoms with E-state index in [0.717, 1.165) is 17.3 Å². The summed E-state index contributed by atoms with van der Waals surface area (Å²) < 4.78 is 7.24. The van der Waals surface area contributed by atoms with Crippen LogP contribution in [0.2, 0.25) is 0 Å². The second kappa shape index (κ2) is 7.95. The molecule has 0 amide bonds. The van der Waals surface area contributed by atoms with Gasteiger partial charge in [-0.2, -0.15) is 5.26 Å². The fourth-order valence-corrected chi connectivity index (χ4v) is 3.36. The van der Waals surface area contributed by atoms with Gasteiger partial charge < -0.3 is 9.22 Å². The largest absolute Gasteiger partial charge is 0.349 e. The zero-order valence-electron chi connectivity index (χ0n) is 15.0. The molecule has 1 aromatic rings. The maximum absolute atomic E-state index is 9.68. The highest BCUT2D eigenvalue weighted by atomic mass is 16.5. The average Bonchev–Trinajstić information content (AvgIpc) is 2.56. The van der Waals surface area contributed by atoms with Gasteiger partial charge in [0.2, 0.25) is 0 Å². The van der Waals surface area contributed by atoms with Gasteiger partial charge in [-0.25, -0.2) is 0 Å². The van der Waals surface area contributed by atoms with Gasteiger partial charge in [-0.3, -0.25) is 0 Å². The van der Waals surface area contributed by atoms with Gasteiger partial charge in [0, 0.05) is 0 Å². The normalized spacial score (nSPS) is 20.5. The number of nitriles is 1. The summed E-state index contributed by atoms with van der Waals surface area (Å²) in [5.74, 6) is 0.389. The fraction of sp³-hybridized carbons (Fsp3) is 0.650. The van der Waals surface area contributed by atoms with Gasteiger partial charge >= 0.3 is 0 Å². The molecule has 0 aliphatic heterocycles. The van der Waals surface area contributed by atoms with Crippen molar-refractivity contribution in [1.82, 2.24) is 0 Å². The van der Waals surface area contributed by atoms with Gasteiger partial charge in [0.05, 0.1) is 27.2 Å². The van der Waals surface area contributed by atoms with Gasteiger partial charge in [0.1, 0.15) is 18.2 Å². The highest BCUT2D eigenvalue weighted by molar-refractivity contribution is 5.19. The standard InChI is InChI=1S/C20H31N2O/c1-16(22(2,3)4)20(18-13-9-6-10-14-18)23-19(15-21)17-11-7-5-8-12-17/h6,9-10,13-14,16-17,19-20H,5,7-8,11-12H2,1-4H3/q+1/t16-,19-,20-/m0/s1. The van der Waals surface area contributed by atoms with Crippen molar-refractivity contribution in [2.75, 3.05) is 21.1 Å². The van der Waals surface area contributed by atoms with Crippen LogP contribution in [0.25, 0.3) is 0 Å². The Balaban J connectivity index is 2.21. The van der Waals surface area contributed by atoms with E-state index in [4.69, 9.17) is 4.74 Å². The molecule has 1 aromatic carbocycles. The predicted molar refractivity (Wildman–Crippen MR) is 93.7 cm³/mol. The van der Waals surface area contributed by atoms with Crippen LogP contribution in [0.4, 0.5) is 0 Å². The number of benzene rings is 1. The lowest BCUT2D eigenvalue weighted by molar-refractivity contribution is -0.898. The minimum absolute atomic E-state index is 0.0530. The fourth-order valence-electron chi connectivity index (χ4n) is 3.36. The first-order chi connectivity index (χ1) is 10.9. The van der Waals surface area contributed by atoms with E-state index in [0.29, 0.717) is 5.92 Å². The molecule has 126 valence electrons. The summed E-state index contributed by atoms with van der Waals surface area (Å²) in [6, 6.07) is 13.1. The molecule has 0 aromatic heterocycles. The molecule has 1 fully saturated rings. The van der Waals surface area contributed by atoms with Crippen LogP contribution in [0.15, 0.2) is 30.3 Å². The Morgan fingerprint density at radius 3 is 2.22 bits per heavy atom. The Labute approximate surface area is 141 Å². The van der Waals surface area contributed by atoms with Crippen LogP contribution in [0.5, 0.6) is 0 Å². The van der Waals surface area contributed by atoms with Crippen LogP contribution in [-0.2, 0) is 4.74 Å². The van der Waals surface area contributed by atoms with E-state index in [1.54, 1.807) is 0 Å². The van der Waals surface area contributed by atoms with Crippen LogP contribution in [0, 0.1) is 17.2 Å². The van der Waals surface area contributed by atoms with Crippen LogP contribution in [-0.4, -0.2) is 37.8 Å². The molecule has 3 heteroatoms. The van der Waals surface area contributed by atoms with Crippen LogP contribution < -0.4 is 0 Å². The molecule has 0 saturated heterocycles. The Bertz CT molecular complexity index is 509. The molecule has 1 aliphatic carbocycles. The molecule has 1 aliphatic rings. The third-order valence-electron chi connectivity index (χ3n) is 5.29. The van der Waals surface area contributed by atoms with Crippen molar-refractivity contribution >= 4 is 0 Å². The first-order valence-electron chi connectivity index (χ1n) is 8.84. The van der Waals surface area contributed by atoms with Crippen LogP contribution >= 0.6 is 0 Å². The maximum Gasteiger partial charge on any atom is 0.147 e. The van der Waals surface area contributed by atoms with Crippen molar-refractivity contribution in [1.29, 1.82) is 5.26 Å². The summed E-state index contributed by atoms with van der Waals surface area (Å²) in [5, 5.41) is 9.68. The van der Waals surface area contributed by atoms with Gasteiger partial charge in [-0.15, -0.1) is 0 Å². The first-order valence-corrected chi connectivity index (χ1v) is 8.84. The third kappa shape index (κ3) is 4.80. The molecule has 3 atom stereocenters. The number of ether oxygens (including phenoxy) is 1. The lowest BCUT2D eigenvalue weighted by Gasteiger charge is -2.39. The Kier molecular flexibility index (Phi) is 6.21. The van der Waals surface area contributed by atoms with Gasteiger partial charge in [0.15, 0.2) is 0 Å². The molecule has 0 radical (unpaired) electrons. The SMILES string of the molecule is C[C@@H]([C@H](O[C@@H](C#N)C1CCCCC1)c1ccccc1)[N+](C)(C)C. The number of rotatable bonds is 6. The Morgan fingerprint density at radius 1 is 1.09 bits per heavy atom. The quantitative estimate of drug-likeness (QED) is 0.733. The van der Waals surface area contributed by atoms with Crippen molar-refractivity contribution in [3.8, 4) is 6.07 Å². The van der Waals surface area contributed by atoms with Crippen molar-refractivity contribution in [3.63, 3.8) is 0 Å². The van der Waals surface area contributed by atoms with E-state index in [1.165, 1.54) is 24.8 Å². The number of quaternary nitrogens is 1. The average molecular weight is 315 g/mol. The smallest absolute Gasteiger partial charge is 0.147 e. The molecule has 0 spiro atoms. The summed E-state index contributed by atoms with van der Waals surface area (Å²) in [7, 11) is 6.56. The van der Waals surface area contributed by atoms with E-state index in [2.05, 4.69) is 58.4 Å². The lowest BCUT2D eigenvalue weighted by atomic mass is 9.85. The molecular formula is C20H31N2O+. The Morgan fingerprint density at radius 2 is 1.70 bits per heavy atom. The zero-order valence-corrected chi connectivity index (χ0v) is 15.0. The minimum Gasteiger partial charge on any atom is -0.349 e. The highest BCUT2D eigenvalue weighted by Gasteiger charge is 2.35. The van der Waals surface area contributed by atoms with E-state index >= 15 is 0 Å². The number of likely N-dealkylation sites (N-methyl/N-ethyl adjacent to an activating group) is 1. The van der Waals surface area contributed by atoms with Gasteiger partial charge in [-0.1, -0.05) is 49.6 Å². The van der Waals surface area contributed by atoms with Crippen molar-refractivity contribution in [3.05, 3.63) is 35.9 Å². The first kappa shape index (κ1) is 18.0. The predicted octanol–water partition coefficient (Wildman–Crippen LogP) is 4.31. The number of nitrogens with zero attached hydrogens (tertiary/aromatic N) is 2. The number of hydrogen-bond donors (Lipinski definition) is 0. The second-order valence-electron chi connectivity index (χ2n) is 7.77. The zero-order chi connectivity index (χ0) is 16.9. The lowest BCUT2D eigenvalue weighted by Crippen LogP contribution is -2.48. The van der Waals surface area contributed by atoms with E-state index in [9.17, 15) is 5.26 Å².